The number of rotatable bonds is 3. The Morgan fingerprint density at radius 2 is 1.76 bits per heavy atom. The predicted octanol–water partition coefficient (Wildman–Crippen LogP) is 5.85. The minimum absolute atomic E-state index is 0.0117. The number of fused-ring (bicyclic) bond motifs is 1. The average molecular weight is 483 g/mol. The van der Waals surface area contributed by atoms with Crippen molar-refractivity contribution in [1.82, 2.24) is 4.98 Å². The van der Waals surface area contributed by atoms with E-state index < -0.39 is 35.1 Å². The first kappa shape index (κ1) is 21.2. The lowest BCUT2D eigenvalue weighted by atomic mass is 9.95. The average Bonchev–Trinajstić information content (AvgIpc) is 3.32. The zero-order valence-electron chi connectivity index (χ0n) is 16.6. The van der Waals surface area contributed by atoms with Gasteiger partial charge >= 0.3 is 5.91 Å². The van der Waals surface area contributed by atoms with Crippen molar-refractivity contribution < 1.29 is 23.5 Å². The van der Waals surface area contributed by atoms with Crippen molar-refractivity contribution in [3.8, 4) is 0 Å². The highest BCUT2D eigenvalue weighted by molar-refractivity contribution is 7.22. The highest BCUT2D eigenvalue weighted by Gasteiger charge is 2.49. The molecule has 33 heavy (non-hydrogen) atoms. The Morgan fingerprint density at radius 1 is 1.03 bits per heavy atom. The van der Waals surface area contributed by atoms with Gasteiger partial charge in [0.15, 0.2) is 5.13 Å². The van der Waals surface area contributed by atoms with Gasteiger partial charge in [-0.15, -0.1) is 0 Å². The van der Waals surface area contributed by atoms with Gasteiger partial charge in [-0.1, -0.05) is 41.1 Å². The SMILES string of the molecule is O=C1C(=O)N(c2nc3ccc(Cl)cc3s2)C(c2ccccc2F)C1=C(O)c1ccc(F)cc1. The molecule has 1 aliphatic heterocycles. The van der Waals surface area contributed by atoms with Gasteiger partial charge in [-0.2, -0.15) is 0 Å². The molecule has 2 heterocycles. The normalized spacial score (nSPS) is 17.8. The third-order valence-electron chi connectivity index (χ3n) is 5.31. The van der Waals surface area contributed by atoms with Gasteiger partial charge in [0.25, 0.3) is 5.78 Å². The Hall–Kier alpha value is -3.62. The number of amides is 1. The number of hydrogen-bond acceptors (Lipinski definition) is 5. The Bertz CT molecular complexity index is 1470. The number of thiazole rings is 1. The molecule has 0 bridgehead atoms. The molecular weight excluding hydrogens is 470 g/mol. The molecule has 1 saturated heterocycles. The van der Waals surface area contributed by atoms with E-state index in [0.717, 1.165) is 28.4 Å². The summed E-state index contributed by atoms with van der Waals surface area (Å²) >= 11 is 7.17. The van der Waals surface area contributed by atoms with E-state index in [0.29, 0.717) is 15.2 Å². The summed E-state index contributed by atoms with van der Waals surface area (Å²) in [5, 5.41) is 11.6. The lowest BCUT2D eigenvalue weighted by molar-refractivity contribution is -0.132. The monoisotopic (exact) mass is 482 g/mol. The van der Waals surface area contributed by atoms with Crippen molar-refractivity contribution >= 4 is 55.7 Å². The molecule has 5 nitrogen and oxygen atoms in total. The van der Waals surface area contributed by atoms with Crippen molar-refractivity contribution in [3.05, 3.63) is 100 Å². The number of nitrogens with zero attached hydrogens (tertiary/aromatic N) is 2. The van der Waals surface area contributed by atoms with Crippen LogP contribution in [0.5, 0.6) is 0 Å². The summed E-state index contributed by atoms with van der Waals surface area (Å²) in [6.07, 6.45) is 0. The van der Waals surface area contributed by atoms with Crippen LogP contribution in [0, 0.1) is 11.6 Å². The summed E-state index contributed by atoms with van der Waals surface area (Å²) in [6, 6.07) is 14.2. The molecule has 1 fully saturated rings. The van der Waals surface area contributed by atoms with Crippen LogP contribution in [0.3, 0.4) is 0 Å². The number of aromatic nitrogens is 1. The van der Waals surface area contributed by atoms with Crippen molar-refractivity contribution in [3.63, 3.8) is 0 Å². The topological polar surface area (TPSA) is 70.5 Å². The summed E-state index contributed by atoms with van der Waals surface area (Å²) in [6.45, 7) is 0. The second kappa shape index (κ2) is 8.06. The lowest BCUT2D eigenvalue weighted by Crippen LogP contribution is -2.29. The van der Waals surface area contributed by atoms with Crippen molar-refractivity contribution in [2.24, 2.45) is 0 Å². The molecule has 1 atom stereocenters. The third kappa shape index (κ3) is 3.57. The number of aliphatic hydroxyl groups excluding tert-OH is 1. The predicted molar refractivity (Wildman–Crippen MR) is 122 cm³/mol. The van der Waals surface area contributed by atoms with Crippen LogP contribution in [0.4, 0.5) is 13.9 Å². The molecule has 1 aromatic heterocycles. The van der Waals surface area contributed by atoms with Crippen molar-refractivity contribution in [1.29, 1.82) is 0 Å². The van der Waals surface area contributed by atoms with Crippen LogP contribution in [0.1, 0.15) is 17.2 Å². The molecule has 0 aliphatic carbocycles. The van der Waals surface area contributed by atoms with Crippen LogP contribution in [-0.2, 0) is 9.59 Å². The van der Waals surface area contributed by atoms with Gasteiger partial charge in [0.1, 0.15) is 23.4 Å². The van der Waals surface area contributed by atoms with Crippen LogP contribution in [-0.4, -0.2) is 21.8 Å². The van der Waals surface area contributed by atoms with Gasteiger partial charge in [-0.3, -0.25) is 14.5 Å². The van der Waals surface area contributed by atoms with E-state index in [1.165, 1.54) is 30.3 Å². The van der Waals surface area contributed by atoms with Crippen LogP contribution in [0.15, 0.2) is 72.3 Å². The number of hydrogen-bond donors (Lipinski definition) is 1. The molecule has 4 aromatic rings. The maximum Gasteiger partial charge on any atom is 0.301 e. The summed E-state index contributed by atoms with van der Waals surface area (Å²) < 4.78 is 28.9. The second-order valence-electron chi connectivity index (χ2n) is 7.31. The first-order chi connectivity index (χ1) is 15.8. The molecule has 1 N–H and O–H groups in total. The van der Waals surface area contributed by atoms with Crippen LogP contribution in [0.25, 0.3) is 16.0 Å². The maximum absolute atomic E-state index is 14.9. The Kier molecular flexibility index (Phi) is 5.19. The molecule has 1 unspecified atom stereocenters. The third-order valence-corrected chi connectivity index (χ3v) is 6.56. The number of ketones is 1. The van der Waals surface area contributed by atoms with Gasteiger partial charge in [-0.25, -0.2) is 13.8 Å². The molecule has 0 spiro atoms. The van der Waals surface area contributed by atoms with E-state index in [-0.39, 0.29) is 21.8 Å². The molecule has 0 saturated carbocycles. The first-order valence-corrected chi connectivity index (χ1v) is 10.9. The minimum Gasteiger partial charge on any atom is -0.507 e. The molecule has 1 aliphatic rings. The number of carbonyl (C=O) groups is 2. The summed E-state index contributed by atoms with van der Waals surface area (Å²) in [4.78, 5) is 31.7. The number of Topliss-reactive ketones (excluding diaryl/α,β-unsaturated/α-hetero) is 1. The number of aliphatic hydroxyl groups is 1. The summed E-state index contributed by atoms with van der Waals surface area (Å²) in [5.74, 6) is -3.69. The van der Waals surface area contributed by atoms with Gasteiger partial charge in [0.05, 0.1) is 15.8 Å². The van der Waals surface area contributed by atoms with Crippen LogP contribution >= 0.6 is 22.9 Å². The number of carbonyl (C=O) groups excluding carboxylic acids is 2. The van der Waals surface area contributed by atoms with Crippen LogP contribution in [0.2, 0.25) is 5.02 Å². The second-order valence-corrected chi connectivity index (χ2v) is 8.75. The molecule has 3 aromatic carbocycles. The summed E-state index contributed by atoms with van der Waals surface area (Å²) in [5.41, 5.74) is 0.366. The fraction of sp³-hybridized carbons (Fsp3) is 0.0417. The van der Waals surface area contributed by atoms with Gasteiger partial charge in [0.2, 0.25) is 0 Å². The quantitative estimate of drug-likeness (QED) is 0.226. The van der Waals surface area contributed by atoms with Gasteiger partial charge < -0.3 is 5.11 Å². The fourth-order valence-electron chi connectivity index (χ4n) is 3.77. The van der Waals surface area contributed by atoms with Gasteiger partial charge in [-0.05, 0) is 48.5 Å². The highest BCUT2D eigenvalue weighted by Crippen LogP contribution is 2.45. The minimum atomic E-state index is -1.27. The molecule has 1 amide bonds. The van der Waals surface area contributed by atoms with Crippen molar-refractivity contribution in [2.75, 3.05) is 4.90 Å². The lowest BCUT2D eigenvalue weighted by Gasteiger charge is -2.23. The Balaban J connectivity index is 1.75. The van der Waals surface area contributed by atoms with E-state index in [4.69, 9.17) is 11.6 Å². The zero-order valence-corrected chi connectivity index (χ0v) is 18.2. The largest absolute Gasteiger partial charge is 0.507 e. The molecule has 0 radical (unpaired) electrons. The standard InChI is InChI=1S/C24H13ClF2N2O3S/c25-13-7-10-17-18(11-13)33-24(28-17)29-20(15-3-1-2-4-16(15)27)19(22(31)23(29)32)21(30)12-5-8-14(26)9-6-12/h1-11,20,30H. The number of anilines is 1. The van der Waals surface area contributed by atoms with E-state index >= 15 is 0 Å². The van der Waals surface area contributed by atoms with Gasteiger partial charge in [0, 0.05) is 16.1 Å². The smallest absolute Gasteiger partial charge is 0.301 e. The summed E-state index contributed by atoms with van der Waals surface area (Å²) in [7, 11) is 0. The fourth-order valence-corrected chi connectivity index (χ4v) is 5.04. The molecular formula is C24H13ClF2N2O3S. The maximum atomic E-state index is 14.9. The van der Waals surface area contributed by atoms with Crippen LogP contribution < -0.4 is 4.90 Å². The molecule has 164 valence electrons. The Morgan fingerprint density at radius 3 is 2.48 bits per heavy atom. The van der Waals surface area contributed by atoms with E-state index in [1.54, 1.807) is 24.3 Å². The number of benzene rings is 3. The van der Waals surface area contributed by atoms with Crippen molar-refractivity contribution in [2.45, 2.75) is 6.04 Å². The zero-order chi connectivity index (χ0) is 23.3. The van der Waals surface area contributed by atoms with E-state index in [1.807, 2.05) is 0 Å². The molecule has 9 heteroatoms. The Labute approximate surface area is 195 Å². The van der Waals surface area contributed by atoms with E-state index in [9.17, 15) is 23.5 Å². The van der Waals surface area contributed by atoms with E-state index in [2.05, 4.69) is 4.98 Å². The highest BCUT2D eigenvalue weighted by atomic mass is 35.5. The number of halogens is 3. The molecule has 5 rings (SSSR count). The first-order valence-electron chi connectivity index (χ1n) is 9.72.